The van der Waals surface area contributed by atoms with Gasteiger partial charge in [0.15, 0.2) is 31.3 Å². The molecule has 0 atom stereocenters. The topological polar surface area (TPSA) is 65.3 Å². The molecule has 2 aromatic heterocycles. The number of hydrogen-bond donors (Lipinski definition) is 2. The van der Waals surface area contributed by atoms with Crippen LogP contribution in [0.25, 0.3) is 11.1 Å². The van der Waals surface area contributed by atoms with Gasteiger partial charge in [-0.15, -0.1) is 0 Å². The molecule has 0 bridgehead atoms. The van der Waals surface area contributed by atoms with Crippen LogP contribution in [0.5, 0.6) is 0 Å². The standard InChI is InChI=1S/C13H15N2O3P/c1-14-6-2-12(3-7-14)13-4-8-15(9-5-13)10-11-19(16,17)18/h2-9H,10-11H2,1H3/p+2. The number of pyridine rings is 2. The number of aromatic nitrogens is 2. The van der Waals surface area contributed by atoms with Crippen molar-refractivity contribution < 1.29 is 23.5 Å². The van der Waals surface area contributed by atoms with Gasteiger partial charge in [0.05, 0.1) is 0 Å². The van der Waals surface area contributed by atoms with Gasteiger partial charge < -0.3 is 9.79 Å². The first-order valence-corrected chi connectivity index (χ1v) is 7.73. The van der Waals surface area contributed by atoms with Crippen molar-refractivity contribution in [3.63, 3.8) is 0 Å². The Morgan fingerprint density at radius 1 is 1.00 bits per heavy atom. The third kappa shape index (κ3) is 4.24. The summed E-state index contributed by atoms with van der Waals surface area (Å²) in [5.41, 5.74) is 2.19. The second-order valence-electron chi connectivity index (χ2n) is 4.47. The molecule has 5 nitrogen and oxygen atoms in total. The Morgan fingerprint density at radius 3 is 1.95 bits per heavy atom. The molecule has 0 aliphatic carbocycles. The summed E-state index contributed by atoms with van der Waals surface area (Å²) < 4.78 is 14.5. The third-order valence-corrected chi connectivity index (χ3v) is 3.63. The van der Waals surface area contributed by atoms with Crippen molar-refractivity contribution >= 4 is 7.60 Å². The second-order valence-corrected chi connectivity index (χ2v) is 6.24. The van der Waals surface area contributed by atoms with E-state index in [0.29, 0.717) is 6.54 Å². The minimum Gasteiger partial charge on any atom is -0.324 e. The van der Waals surface area contributed by atoms with Crippen molar-refractivity contribution in [2.75, 3.05) is 6.16 Å². The van der Waals surface area contributed by atoms with E-state index in [2.05, 4.69) is 0 Å². The summed E-state index contributed by atoms with van der Waals surface area (Å²) >= 11 is 0. The lowest BCUT2D eigenvalue weighted by Gasteiger charge is -2.02. The fourth-order valence-electron chi connectivity index (χ4n) is 1.74. The van der Waals surface area contributed by atoms with E-state index in [0.717, 1.165) is 11.1 Å². The Labute approximate surface area is 111 Å². The average molecular weight is 280 g/mol. The Kier molecular flexibility index (Phi) is 4.10. The molecule has 0 spiro atoms. The van der Waals surface area contributed by atoms with E-state index in [1.54, 1.807) is 4.57 Å². The van der Waals surface area contributed by atoms with E-state index in [9.17, 15) is 4.57 Å². The van der Waals surface area contributed by atoms with Gasteiger partial charge in [-0.1, -0.05) is 0 Å². The monoisotopic (exact) mass is 280 g/mol. The van der Waals surface area contributed by atoms with Crippen LogP contribution in [0.15, 0.2) is 49.1 Å². The molecule has 0 saturated carbocycles. The van der Waals surface area contributed by atoms with E-state index in [-0.39, 0.29) is 6.16 Å². The zero-order chi connectivity index (χ0) is 13.9. The quantitative estimate of drug-likeness (QED) is 0.638. The van der Waals surface area contributed by atoms with Crippen molar-refractivity contribution in [3.05, 3.63) is 49.1 Å². The zero-order valence-electron chi connectivity index (χ0n) is 10.7. The number of rotatable bonds is 4. The minimum absolute atomic E-state index is 0.141. The summed E-state index contributed by atoms with van der Waals surface area (Å²) in [7, 11) is -1.97. The van der Waals surface area contributed by atoms with Crippen molar-refractivity contribution in [1.82, 2.24) is 0 Å². The maximum absolute atomic E-state index is 10.8. The van der Waals surface area contributed by atoms with Crippen LogP contribution in [0.2, 0.25) is 0 Å². The lowest BCUT2D eigenvalue weighted by molar-refractivity contribution is -0.692. The van der Waals surface area contributed by atoms with Crippen LogP contribution < -0.4 is 9.13 Å². The van der Waals surface area contributed by atoms with Gasteiger partial charge in [-0.2, -0.15) is 0 Å². The van der Waals surface area contributed by atoms with E-state index >= 15 is 0 Å². The smallest absolute Gasteiger partial charge is 0.324 e. The van der Waals surface area contributed by atoms with Crippen LogP contribution in [-0.4, -0.2) is 15.9 Å². The summed E-state index contributed by atoms with van der Waals surface area (Å²) in [6, 6.07) is 7.93. The van der Waals surface area contributed by atoms with Crippen molar-refractivity contribution in [2.45, 2.75) is 6.54 Å². The summed E-state index contributed by atoms with van der Waals surface area (Å²) in [5, 5.41) is 0. The van der Waals surface area contributed by atoms with Crippen molar-refractivity contribution in [2.24, 2.45) is 7.05 Å². The molecule has 19 heavy (non-hydrogen) atoms. The highest BCUT2D eigenvalue weighted by molar-refractivity contribution is 7.51. The Morgan fingerprint density at radius 2 is 1.47 bits per heavy atom. The largest absolute Gasteiger partial charge is 0.331 e. The second kappa shape index (κ2) is 5.61. The first-order valence-electron chi connectivity index (χ1n) is 5.93. The molecular weight excluding hydrogens is 263 g/mol. The van der Waals surface area contributed by atoms with Gasteiger partial charge in [0.1, 0.15) is 13.2 Å². The van der Waals surface area contributed by atoms with Gasteiger partial charge in [-0.3, -0.25) is 4.57 Å². The molecule has 6 heteroatoms. The summed E-state index contributed by atoms with van der Waals surface area (Å²) in [6.45, 7) is 0.314. The third-order valence-electron chi connectivity index (χ3n) is 2.85. The first-order chi connectivity index (χ1) is 8.94. The molecule has 2 N–H and O–H groups in total. The highest BCUT2D eigenvalue weighted by Gasteiger charge is 2.15. The summed E-state index contributed by atoms with van der Waals surface area (Å²) in [6.07, 6.45) is 7.47. The maximum Gasteiger partial charge on any atom is 0.331 e. The molecule has 2 heterocycles. The highest BCUT2D eigenvalue weighted by atomic mass is 31.2. The van der Waals surface area contributed by atoms with Gasteiger partial charge >= 0.3 is 7.60 Å². The van der Waals surface area contributed by atoms with Gasteiger partial charge in [0.25, 0.3) is 0 Å². The Balaban J connectivity index is 2.10. The van der Waals surface area contributed by atoms with Crippen LogP contribution in [0.3, 0.4) is 0 Å². The molecule has 0 unspecified atom stereocenters. The molecule has 0 aliphatic heterocycles. The van der Waals surface area contributed by atoms with Crippen LogP contribution in [0, 0.1) is 0 Å². The van der Waals surface area contributed by atoms with Gasteiger partial charge in [-0.05, 0) is 11.1 Å². The Hall–Kier alpha value is -1.55. The van der Waals surface area contributed by atoms with Crippen molar-refractivity contribution in [1.29, 1.82) is 0 Å². The molecule has 0 aromatic carbocycles. The number of nitrogens with zero attached hydrogens (tertiary/aromatic N) is 2. The predicted octanol–water partition coefficient (Wildman–Crippen LogP) is 0.643. The molecule has 2 rings (SSSR count). The van der Waals surface area contributed by atoms with Crippen molar-refractivity contribution in [3.8, 4) is 11.1 Å². The lowest BCUT2D eigenvalue weighted by Crippen LogP contribution is -2.34. The van der Waals surface area contributed by atoms with Crippen LogP contribution in [0.4, 0.5) is 0 Å². The van der Waals surface area contributed by atoms with Crippen LogP contribution in [-0.2, 0) is 18.2 Å². The predicted molar refractivity (Wildman–Crippen MR) is 70.2 cm³/mol. The SMILES string of the molecule is C[n+]1ccc(-c2cc[n+](CCP(=O)(O)O)cc2)cc1. The normalized spacial score (nSPS) is 11.5. The fraction of sp³-hybridized carbons (Fsp3) is 0.231. The van der Waals surface area contributed by atoms with Gasteiger partial charge in [0, 0.05) is 24.3 Å². The number of hydrogen-bond acceptors (Lipinski definition) is 1. The van der Waals surface area contributed by atoms with E-state index in [1.165, 1.54) is 0 Å². The van der Waals surface area contributed by atoms with Crippen LogP contribution in [0.1, 0.15) is 0 Å². The first kappa shape index (κ1) is 13.9. The van der Waals surface area contributed by atoms with Gasteiger partial charge in [0.2, 0.25) is 0 Å². The highest BCUT2D eigenvalue weighted by Crippen LogP contribution is 2.33. The van der Waals surface area contributed by atoms with E-state index in [1.807, 2.05) is 60.7 Å². The van der Waals surface area contributed by atoms with Gasteiger partial charge in [-0.25, -0.2) is 9.13 Å². The maximum atomic E-state index is 10.8. The molecule has 0 fully saturated rings. The lowest BCUT2D eigenvalue weighted by atomic mass is 10.1. The van der Waals surface area contributed by atoms with Crippen LogP contribution >= 0.6 is 7.60 Å². The molecule has 2 aromatic rings. The average Bonchev–Trinajstić information content (AvgIpc) is 2.37. The zero-order valence-corrected chi connectivity index (χ0v) is 11.6. The molecule has 0 radical (unpaired) electrons. The molecule has 100 valence electrons. The summed E-state index contributed by atoms with van der Waals surface area (Å²) in [5.74, 6) is 0. The number of aryl methyl sites for hydroxylation is 2. The summed E-state index contributed by atoms with van der Waals surface area (Å²) in [4.78, 5) is 17.7. The Bertz CT molecular complexity index is 590. The minimum atomic E-state index is -3.93. The van der Waals surface area contributed by atoms with E-state index < -0.39 is 7.60 Å². The molecule has 0 aliphatic rings. The molecular formula is C13H17N2O3P+2. The molecule has 0 amide bonds. The fourth-order valence-corrected chi connectivity index (χ4v) is 2.23. The van der Waals surface area contributed by atoms with E-state index in [4.69, 9.17) is 9.79 Å². The molecule has 0 saturated heterocycles.